The van der Waals surface area contributed by atoms with Gasteiger partial charge in [0.15, 0.2) is 0 Å². The largest absolute Gasteiger partial charge is 0.508 e. The van der Waals surface area contributed by atoms with Crippen molar-refractivity contribution in [2.45, 2.75) is 84.3 Å². The molecule has 5 heteroatoms. The molecule has 0 fully saturated rings. The van der Waals surface area contributed by atoms with Gasteiger partial charge in [-0.3, -0.25) is 0 Å². The molecule has 0 aliphatic heterocycles. The van der Waals surface area contributed by atoms with E-state index in [1.807, 2.05) is 17.7 Å². The molecule has 28 heavy (non-hydrogen) atoms. The molecule has 1 heterocycles. The summed E-state index contributed by atoms with van der Waals surface area (Å²) in [6.07, 6.45) is 13.5. The van der Waals surface area contributed by atoms with E-state index in [4.69, 9.17) is 4.74 Å². The lowest BCUT2D eigenvalue weighted by atomic mass is 9.94. The van der Waals surface area contributed by atoms with E-state index < -0.39 is 5.60 Å². The molecule has 0 saturated carbocycles. The molecule has 2 rings (SSSR count). The monoisotopic (exact) mass is 388 g/mol. The Morgan fingerprint density at radius 3 is 2.39 bits per heavy atom. The number of aliphatic hydroxyl groups is 1. The minimum absolute atomic E-state index is 0.122. The summed E-state index contributed by atoms with van der Waals surface area (Å²) in [5.74, 6) is 1.59. The number of aromatic nitrogens is 2. The van der Waals surface area contributed by atoms with Crippen LogP contribution < -0.4 is 4.74 Å². The van der Waals surface area contributed by atoms with Crippen molar-refractivity contribution < 1.29 is 14.9 Å². The first-order valence-electron chi connectivity index (χ1n) is 10.6. The minimum atomic E-state index is -1.18. The van der Waals surface area contributed by atoms with Crippen molar-refractivity contribution in [2.24, 2.45) is 0 Å². The third-order valence-corrected chi connectivity index (χ3v) is 5.20. The van der Waals surface area contributed by atoms with Crippen LogP contribution in [0.4, 0.5) is 0 Å². The quantitative estimate of drug-likeness (QED) is 0.455. The second kappa shape index (κ2) is 11.1. The van der Waals surface area contributed by atoms with Gasteiger partial charge in [-0.25, -0.2) is 4.98 Å². The number of phenolic OH excluding ortho intramolecular Hbond substituents is 1. The zero-order chi connectivity index (χ0) is 20.4. The molecule has 5 nitrogen and oxygen atoms in total. The Bertz CT molecular complexity index is 710. The molecule has 1 unspecified atom stereocenters. The zero-order valence-corrected chi connectivity index (χ0v) is 17.7. The fourth-order valence-electron chi connectivity index (χ4n) is 3.47. The second-order valence-corrected chi connectivity index (χ2v) is 7.88. The number of rotatable bonds is 13. The summed E-state index contributed by atoms with van der Waals surface area (Å²) in [5, 5.41) is 21.0. The molecular formula is C23H36N2O3. The first kappa shape index (κ1) is 22.3. The molecular weight excluding hydrogens is 352 g/mol. The molecule has 0 radical (unpaired) electrons. The number of nitrogens with zero attached hydrogens (tertiary/aromatic N) is 2. The molecule has 0 saturated heterocycles. The highest BCUT2D eigenvalue weighted by Gasteiger charge is 2.28. The maximum atomic E-state index is 11.1. The maximum Gasteiger partial charge on any atom is 0.125 e. The lowest BCUT2D eigenvalue weighted by Crippen LogP contribution is -2.28. The van der Waals surface area contributed by atoms with Crippen molar-refractivity contribution in [3.63, 3.8) is 0 Å². The first-order valence-corrected chi connectivity index (χ1v) is 10.6. The van der Waals surface area contributed by atoms with E-state index in [1.165, 1.54) is 38.5 Å². The second-order valence-electron chi connectivity index (χ2n) is 7.88. The lowest BCUT2D eigenvalue weighted by molar-refractivity contribution is 0.0343. The lowest BCUT2D eigenvalue weighted by Gasteiger charge is -2.27. The van der Waals surface area contributed by atoms with Crippen LogP contribution in [0, 0.1) is 6.92 Å². The van der Waals surface area contributed by atoms with Crippen LogP contribution in [0.25, 0.3) is 0 Å². The summed E-state index contributed by atoms with van der Waals surface area (Å²) in [5.41, 5.74) is -0.584. The number of hydrogen-bond donors (Lipinski definition) is 2. The average Bonchev–Trinajstić information content (AvgIpc) is 3.05. The van der Waals surface area contributed by atoms with Crippen LogP contribution >= 0.6 is 0 Å². The summed E-state index contributed by atoms with van der Waals surface area (Å²) in [7, 11) is 0. The van der Waals surface area contributed by atoms with Crippen molar-refractivity contribution in [2.75, 3.05) is 6.61 Å². The van der Waals surface area contributed by atoms with E-state index in [-0.39, 0.29) is 5.75 Å². The molecule has 1 aromatic carbocycles. The summed E-state index contributed by atoms with van der Waals surface area (Å²) in [6, 6.07) is 4.94. The predicted octanol–water partition coefficient (Wildman–Crippen LogP) is 5.32. The Morgan fingerprint density at radius 2 is 1.75 bits per heavy atom. The number of hydrogen-bond acceptors (Lipinski definition) is 4. The van der Waals surface area contributed by atoms with Crippen molar-refractivity contribution in [1.29, 1.82) is 0 Å². The van der Waals surface area contributed by atoms with Crippen LogP contribution in [-0.2, 0) is 12.1 Å². The van der Waals surface area contributed by atoms with Gasteiger partial charge in [-0.2, -0.15) is 0 Å². The standard InChI is InChI=1S/C23H36N2O3/c1-4-5-6-7-8-9-10-11-16-28-22-13-12-20(26)17-21(22)23(3,27)18-25-15-14-24-19(25)2/h12-15,17,26-27H,4-11,16,18H2,1-3H3. The van der Waals surface area contributed by atoms with Crippen molar-refractivity contribution >= 4 is 0 Å². The van der Waals surface area contributed by atoms with E-state index in [9.17, 15) is 10.2 Å². The van der Waals surface area contributed by atoms with Gasteiger partial charge in [-0.15, -0.1) is 0 Å². The van der Waals surface area contributed by atoms with E-state index in [0.717, 1.165) is 18.7 Å². The van der Waals surface area contributed by atoms with Crippen LogP contribution in [0.5, 0.6) is 11.5 Å². The smallest absolute Gasteiger partial charge is 0.125 e. The highest BCUT2D eigenvalue weighted by atomic mass is 16.5. The number of imidazole rings is 1. The SMILES string of the molecule is CCCCCCCCCCOc1ccc(O)cc1C(C)(O)Cn1ccnc1C. The maximum absolute atomic E-state index is 11.1. The Balaban J connectivity index is 1.88. The van der Waals surface area contributed by atoms with Gasteiger partial charge in [-0.05, 0) is 38.5 Å². The number of unbranched alkanes of at least 4 members (excludes halogenated alkanes) is 7. The van der Waals surface area contributed by atoms with Crippen LogP contribution in [0.3, 0.4) is 0 Å². The van der Waals surface area contributed by atoms with Crippen LogP contribution in [0.1, 0.15) is 76.6 Å². The van der Waals surface area contributed by atoms with Gasteiger partial charge in [-0.1, -0.05) is 51.9 Å². The average molecular weight is 389 g/mol. The van der Waals surface area contributed by atoms with E-state index in [0.29, 0.717) is 24.5 Å². The van der Waals surface area contributed by atoms with Crippen LogP contribution in [0.2, 0.25) is 0 Å². The topological polar surface area (TPSA) is 67.5 Å². The first-order chi connectivity index (χ1) is 13.4. The predicted molar refractivity (Wildman–Crippen MR) is 113 cm³/mol. The molecule has 2 aromatic rings. The third kappa shape index (κ3) is 6.86. The van der Waals surface area contributed by atoms with Crippen LogP contribution in [-0.4, -0.2) is 26.4 Å². The van der Waals surface area contributed by atoms with Gasteiger partial charge < -0.3 is 19.5 Å². The molecule has 1 atom stereocenters. The molecule has 2 N–H and O–H groups in total. The van der Waals surface area contributed by atoms with Gasteiger partial charge >= 0.3 is 0 Å². The Kier molecular flexibility index (Phi) is 8.84. The fraction of sp³-hybridized carbons (Fsp3) is 0.609. The highest BCUT2D eigenvalue weighted by molar-refractivity contribution is 5.43. The third-order valence-electron chi connectivity index (χ3n) is 5.20. The molecule has 0 spiro atoms. The highest BCUT2D eigenvalue weighted by Crippen LogP contribution is 2.34. The summed E-state index contributed by atoms with van der Waals surface area (Å²) in [4.78, 5) is 4.21. The van der Waals surface area contributed by atoms with Gasteiger partial charge in [0.05, 0.1) is 13.2 Å². The normalized spacial score (nSPS) is 13.4. The van der Waals surface area contributed by atoms with Crippen molar-refractivity contribution in [1.82, 2.24) is 9.55 Å². The van der Waals surface area contributed by atoms with Gasteiger partial charge in [0.1, 0.15) is 22.9 Å². The number of aryl methyl sites for hydroxylation is 1. The summed E-state index contributed by atoms with van der Waals surface area (Å²) < 4.78 is 7.87. The van der Waals surface area contributed by atoms with Crippen LogP contribution in [0.15, 0.2) is 30.6 Å². The minimum Gasteiger partial charge on any atom is -0.508 e. The zero-order valence-electron chi connectivity index (χ0n) is 17.7. The Hall–Kier alpha value is -2.01. The molecule has 0 amide bonds. The molecule has 0 aliphatic carbocycles. The summed E-state index contributed by atoms with van der Waals surface area (Å²) in [6.45, 7) is 6.84. The number of benzene rings is 1. The molecule has 1 aromatic heterocycles. The van der Waals surface area contributed by atoms with E-state index in [1.54, 1.807) is 31.3 Å². The van der Waals surface area contributed by atoms with Gasteiger partial charge in [0, 0.05) is 18.0 Å². The van der Waals surface area contributed by atoms with Gasteiger partial charge in [0.25, 0.3) is 0 Å². The fourth-order valence-corrected chi connectivity index (χ4v) is 3.47. The molecule has 0 bridgehead atoms. The van der Waals surface area contributed by atoms with E-state index in [2.05, 4.69) is 11.9 Å². The number of phenols is 1. The van der Waals surface area contributed by atoms with Gasteiger partial charge in [0.2, 0.25) is 0 Å². The number of ether oxygens (including phenoxy) is 1. The Labute approximate surface area is 169 Å². The Morgan fingerprint density at radius 1 is 1.07 bits per heavy atom. The number of aromatic hydroxyl groups is 1. The van der Waals surface area contributed by atoms with Crippen molar-refractivity contribution in [3.8, 4) is 11.5 Å². The summed E-state index contributed by atoms with van der Waals surface area (Å²) >= 11 is 0. The van der Waals surface area contributed by atoms with E-state index >= 15 is 0 Å². The molecule has 0 aliphatic rings. The molecule has 156 valence electrons. The van der Waals surface area contributed by atoms with Crippen molar-refractivity contribution in [3.05, 3.63) is 42.0 Å².